The third-order valence-corrected chi connectivity index (χ3v) is 8.39. The van der Waals surface area contributed by atoms with Crippen molar-refractivity contribution in [3.05, 3.63) is 94.7 Å². The van der Waals surface area contributed by atoms with E-state index >= 15 is 0 Å². The lowest BCUT2D eigenvalue weighted by Crippen LogP contribution is -2.40. The molecule has 0 saturated heterocycles. The van der Waals surface area contributed by atoms with Gasteiger partial charge in [0.05, 0.1) is 23.7 Å². The molecule has 0 aliphatic heterocycles. The van der Waals surface area contributed by atoms with Crippen molar-refractivity contribution in [3.8, 4) is 5.69 Å². The summed E-state index contributed by atoms with van der Waals surface area (Å²) in [4.78, 5) is 1.03. The van der Waals surface area contributed by atoms with E-state index in [1.165, 1.54) is 33.4 Å². The quantitative estimate of drug-likeness (QED) is 0.391. The Balaban J connectivity index is 1.37. The summed E-state index contributed by atoms with van der Waals surface area (Å²) in [5.74, 6) is -0.209. The molecule has 0 amide bonds. The molecule has 1 unspecified atom stereocenters. The van der Waals surface area contributed by atoms with E-state index in [9.17, 15) is 9.50 Å². The number of allylic oxidation sites excluding steroid dienone is 1. The number of aromatic nitrogens is 2. The Labute approximate surface area is 190 Å². The second-order valence-corrected chi connectivity index (χ2v) is 10.3. The van der Waals surface area contributed by atoms with Crippen molar-refractivity contribution >= 4 is 27.5 Å². The normalized spacial score (nSPS) is 23.5. The Morgan fingerprint density at radius 1 is 1.19 bits per heavy atom. The van der Waals surface area contributed by atoms with Gasteiger partial charge in [-0.25, -0.2) is 9.07 Å². The van der Waals surface area contributed by atoms with Crippen LogP contribution in [0.25, 0.3) is 21.8 Å². The fraction of sp³-hybridized carbons (Fsp3) is 0.259. The molecule has 1 radical (unpaired) electrons. The molecule has 1 fully saturated rings. The van der Waals surface area contributed by atoms with Gasteiger partial charge in [0.25, 0.3) is 0 Å². The van der Waals surface area contributed by atoms with Gasteiger partial charge in [0.15, 0.2) is 0 Å². The van der Waals surface area contributed by atoms with Crippen molar-refractivity contribution in [3.63, 3.8) is 0 Å². The number of aliphatic hydroxyl groups excluding tert-OH is 1. The minimum atomic E-state index is -0.533. The van der Waals surface area contributed by atoms with E-state index in [1.54, 1.807) is 23.5 Å². The minimum absolute atomic E-state index is 0.0397. The topological polar surface area (TPSA) is 38.0 Å². The van der Waals surface area contributed by atoms with Crippen LogP contribution in [0.2, 0.25) is 0 Å². The molecule has 6 rings (SSSR count). The van der Waals surface area contributed by atoms with Crippen LogP contribution >= 0.6 is 11.3 Å². The van der Waals surface area contributed by atoms with Gasteiger partial charge >= 0.3 is 0 Å². The zero-order chi connectivity index (χ0) is 21.9. The predicted octanol–water partition coefficient (Wildman–Crippen LogP) is 6.52. The summed E-state index contributed by atoms with van der Waals surface area (Å²) >= 11 is 1.69. The monoisotopic (exact) mass is 443 g/mol. The van der Waals surface area contributed by atoms with Crippen LogP contribution in [0, 0.1) is 23.6 Å². The lowest BCUT2D eigenvalue weighted by molar-refractivity contribution is 0.0520. The maximum atomic E-state index is 13.4. The zero-order valence-corrected chi connectivity index (χ0v) is 18.6. The van der Waals surface area contributed by atoms with Gasteiger partial charge in [-0.1, -0.05) is 30.7 Å². The zero-order valence-electron chi connectivity index (χ0n) is 17.8. The molecule has 0 bridgehead atoms. The second-order valence-electron chi connectivity index (χ2n) is 9.14. The lowest BCUT2D eigenvalue weighted by atomic mass is 9.58. The van der Waals surface area contributed by atoms with Crippen LogP contribution in [-0.4, -0.2) is 14.9 Å². The first kappa shape index (κ1) is 19.9. The molecule has 2 aromatic carbocycles. The van der Waals surface area contributed by atoms with E-state index in [4.69, 9.17) is 0 Å². The summed E-state index contributed by atoms with van der Waals surface area (Å²) in [5.41, 5.74) is 4.31. The standard InChI is InChI=1S/C27H24FN2OS/c1-27-15-18-16-29-30(21-11-9-20(28)10-12-21)23(18)14-19(27)6-4-7-22(27)26(31)25-13-17-5-2-3-8-24(17)32-25/h2-3,5,7-14,16,22,26,31H,4,6,15H2,1H3/t22?,26-,27+/m1/s1. The highest BCUT2D eigenvalue weighted by molar-refractivity contribution is 7.19. The number of fused-ring (bicyclic) bond motifs is 3. The van der Waals surface area contributed by atoms with Crippen LogP contribution < -0.4 is 0 Å². The Kier molecular flexibility index (Phi) is 4.60. The molecule has 3 nitrogen and oxygen atoms in total. The Morgan fingerprint density at radius 2 is 2.00 bits per heavy atom. The van der Waals surface area contributed by atoms with Gasteiger partial charge in [-0.05, 0) is 84.5 Å². The molecular formula is C27H24FN2OS. The molecule has 2 aromatic heterocycles. The number of thiophene rings is 1. The molecule has 5 heteroatoms. The number of hydrogen-bond donors (Lipinski definition) is 1. The molecule has 2 heterocycles. The van der Waals surface area contributed by atoms with Crippen LogP contribution in [-0.2, 0) is 6.42 Å². The number of rotatable bonds is 3. The fourth-order valence-electron chi connectivity index (χ4n) is 5.48. The van der Waals surface area contributed by atoms with Gasteiger partial charge in [-0.3, -0.25) is 0 Å². The van der Waals surface area contributed by atoms with Crippen molar-refractivity contribution in [2.45, 2.75) is 32.3 Å². The third-order valence-electron chi connectivity index (χ3n) is 7.21. The van der Waals surface area contributed by atoms with Gasteiger partial charge in [-0.15, -0.1) is 11.3 Å². The van der Waals surface area contributed by atoms with Gasteiger partial charge in [0, 0.05) is 15.5 Å². The smallest absolute Gasteiger partial charge is 0.123 e. The maximum absolute atomic E-state index is 13.4. The molecule has 3 atom stereocenters. The van der Waals surface area contributed by atoms with Crippen LogP contribution in [0.1, 0.15) is 42.0 Å². The largest absolute Gasteiger partial charge is 0.387 e. The van der Waals surface area contributed by atoms with Crippen molar-refractivity contribution in [1.29, 1.82) is 0 Å². The first-order valence-electron chi connectivity index (χ1n) is 11.1. The summed E-state index contributed by atoms with van der Waals surface area (Å²) < 4.78 is 16.5. The summed E-state index contributed by atoms with van der Waals surface area (Å²) in [5, 5.41) is 17.3. The third kappa shape index (κ3) is 3.06. The average molecular weight is 444 g/mol. The van der Waals surface area contributed by atoms with E-state index < -0.39 is 6.10 Å². The second kappa shape index (κ2) is 7.39. The first-order valence-corrected chi connectivity index (χ1v) is 11.9. The average Bonchev–Trinajstić information content (AvgIpc) is 3.41. The van der Waals surface area contributed by atoms with Gasteiger partial charge in [-0.2, -0.15) is 5.10 Å². The fourth-order valence-corrected chi connectivity index (χ4v) is 6.58. The Hall–Kier alpha value is -2.76. The highest BCUT2D eigenvalue weighted by Crippen LogP contribution is 2.55. The van der Waals surface area contributed by atoms with E-state index in [0.29, 0.717) is 0 Å². The summed E-state index contributed by atoms with van der Waals surface area (Å²) in [6.07, 6.45) is 8.74. The predicted molar refractivity (Wildman–Crippen MR) is 127 cm³/mol. The van der Waals surface area contributed by atoms with E-state index in [1.807, 2.05) is 23.0 Å². The van der Waals surface area contributed by atoms with Crippen molar-refractivity contribution in [2.75, 3.05) is 0 Å². The van der Waals surface area contributed by atoms with Crippen molar-refractivity contribution in [2.24, 2.45) is 11.3 Å². The number of benzene rings is 2. The van der Waals surface area contributed by atoms with Crippen LogP contribution in [0.4, 0.5) is 4.39 Å². The van der Waals surface area contributed by atoms with E-state index in [0.717, 1.165) is 35.5 Å². The lowest BCUT2D eigenvalue weighted by Gasteiger charge is -2.47. The summed E-state index contributed by atoms with van der Waals surface area (Å²) in [6.45, 7) is 2.29. The SMILES string of the molecule is C[C@]12Cc3cnn(-c4ccc(F)cc4)c3C=C1CC[CH]C2[C@@H](O)c1cc2ccccc2s1. The van der Waals surface area contributed by atoms with Crippen molar-refractivity contribution in [1.82, 2.24) is 9.78 Å². The molecule has 4 aromatic rings. The van der Waals surface area contributed by atoms with Gasteiger partial charge < -0.3 is 5.11 Å². The molecule has 161 valence electrons. The summed E-state index contributed by atoms with van der Waals surface area (Å²) in [7, 11) is 0. The first-order chi connectivity index (χ1) is 15.5. The van der Waals surface area contributed by atoms with E-state index in [2.05, 4.69) is 42.7 Å². The Bertz CT molecular complexity index is 1300. The molecule has 0 spiro atoms. The molecule has 2 aliphatic rings. The molecule has 32 heavy (non-hydrogen) atoms. The minimum Gasteiger partial charge on any atom is -0.387 e. The molecule has 2 aliphatic carbocycles. The van der Waals surface area contributed by atoms with E-state index in [-0.39, 0.29) is 17.2 Å². The molecule has 1 saturated carbocycles. The Morgan fingerprint density at radius 3 is 2.81 bits per heavy atom. The van der Waals surface area contributed by atoms with Crippen LogP contribution in [0.5, 0.6) is 0 Å². The number of hydrogen-bond acceptors (Lipinski definition) is 3. The van der Waals surface area contributed by atoms with Crippen molar-refractivity contribution < 1.29 is 9.50 Å². The number of halogens is 1. The molecule has 1 N–H and O–H groups in total. The maximum Gasteiger partial charge on any atom is 0.123 e. The van der Waals surface area contributed by atoms with Gasteiger partial charge in [0.1, 0.15) is 5.82 Å². The van der Waals surface area contributed by atoms with Crippen LogP contribution in [0.15, 0.2) is 66.4 Å². The summed E-state index contributed by atoms with van der Waals surface area (Å²) in [6, 6.07) is 16.9. The van der Waals surface area contributed by atoms with Crippen LogP contribution in [0.3, 0.4) is 0 Å². The highest BCUT2D eigenvalue weighted by atomic mass is 32.1. The highest BCUT2D eigenvalue weighted by Gasteiger charge is 2.47. The van der Waals surface area contributed by atoms with Gasteiger partial charge in [0.2, 0.25) is 0 Å². The molecular weight excluding hydrogens is 419 g/mol. The number of nitrogens with zero attached hydrogens (tertiary/aromatic N) is 2. The number of aliphatic hydroxyl groups is 1.